The highest BCUT2D eigenvalue weighted by Crippen LogP contribution is 2.22. The fourth-order valence-corrected chi connectivity index (χ4v) is 1.14. The summed E-state index contributed by atoms with van der Waals surface area (Å²) in [5.41, 5.74) is 5.80. The molecule has 84 valence electrons. The molecule has 0 atom stereocenters. The summed E-state index contributed by atoms with van der Waals surface area (Å²) in [7, 11) is 1.50. The minimum absolute atomic E-state index is 0.00199. The highest BCUT2D eigenvalue weighted by molar-refractivity contribution is 5.52. The molecular weight excluding hydrogens is 208 g/mol. The topological polar surface area (TPSA) is 78.4 Å². The van der Waals surface area contributed by atoms with Crippen LogP contribution in [0.15, 0.2) is 18.2 Å². The van der Waals surface area contributed by atoms with E-state index in [1.807, 2.05) is 0 Å². The van der Waals surface area contributed by atoms with E-state index >= 15 is 0 Å². The SMILES string of the molecule is COc1ccc([N+](=O)[O-])cc1C#CCCN. The number of nitrogens with two attached hydrogens (primary N) is 1. The van der Waals surface area contributed by atoms with Crippen LogP contribution in [0, 0.1) is 22.0 Å². The van der Waals surface area contributed by atoms with Gasteiger partial charge in [-0.2, -0.15) is 0 Å². The molecule has 0 spiro atoms. The van der Waals surface area contributed by atoms with E-state index in [0.717, 1.165) is 0 Å². The first-order chi connectivity index (χ1) is 7.69. The largest absolute Gasteiger partial charge is 0.495 e. The molecule has 0 heterocycles. The summed E-state index contributed by atoms with van der Waals surface area (Å²) in [4.78, 5) is 10.1. The molecule has 0 radical (unpaired) electrons. The first-order valence-electron chi connectivity index (χ1n) is 4.70. The third kappa shape index (κ3) is 2.97. The Morgan fingerprint density at radius 1 is 1.56 bits per heavy atom. The number of nitrogens with zero attached hydrogens (tertiary/aromatic N) is 1. The van der Waals surface area contributed by atoms with Gasteiger partial charge >= 0.3 is 0 Å². The van der Waals surface area contributed by atoms with Crippen molar-refractivity contribution in [1.82, 2.24) is 0 Å². The number of hydrogen-bond donors (Lipinski definition) is 1. The lowest BCUT2D eigenvalue weighted by Gasteiger charge is -2.02. The minimum atomic E-state index is -0.465. The molecule has 0 fully saturated rings. The quantitative estimate of drug-likeness (QED) is 0.473. The normalized spacial score (nSPS) is 9.12. The summed E-state index contributed by atoms with van der Waals surface area (Å²) >= 11 is 0. The predicted molar refractivity (Wildman–Crippen MR) is 60.2 cm³/mol. The van der Waals surface area contributed by atoms with Crippen molar-refractivity contribution in [2.75, 3.05) is 13.7 Å². The third-order valence-electron chi connectivity index (χ3n) is 1.89. The molecule has 16 heavy (non-hydrogen) atoms. The van der Waals surface area contributed by atoms with Gasteiger partial charge in [0.1, 0.15) is 5.75 Å². The predicted octanol–water partition coefficient (Wildman–Crippen LogP) is 1.30. The second-order valence-electron chi connectivity index (χ2n) is 2.98. The fourth-order valence-electron chi connectivity index (χ4n) is 1.14. The lowest BCUT2D eigenvalue weighted by Crippen LogP contribution is -1.96. The van der Waals surface area contributed by atoms with E-state index in [1.54, 1.807) is 0 Å². The lowest BCUT2D eigenvalue weighted by atomic mass is 10.2. The smallest absolute Gasteiger partial charge is 0.270 e. The van der Waals surface area contributed by atoms with Gasteiger partial charge in [-0.1, -0.05) is 11.8 Å². The Balaban J connectivity index is 3.08. The molecule has 2 N–H and O–H groups in total. The second kappa shape index (κ2) is 5.73. The Kier molecular flexibility index (Phi) is 4.30. The Labute approximate surface area is 93.4 Å². The van der Waals surface area contributed by atoms with Gasteiger partial charge in [-0.3, -0.25) is 10.1 Å². The van der Waals surface area contributed by atoms with Crippen molar-refractivity contribution < 1.29 is 9.66 Å². The van der Waals surface area contributed by atoms with Crippen LogP contribution in [0.25, 0.3) is 0 Å². The summed E-state index contributed by atoms with van der Waals surface area (Å²) < 4.78 is 5.05. The molecule has 1 aromatic carbocycles. The molecule has 0 saturated heterocycles. The van der Waals surface area contributed by atoms with Gasteiger partial charge in [-0.25, -0.2) is 0 Å². The number of nitro groups is 1. The summed E-state index contributed by atoms with van der Waals surface area (Å²) in [6.07, 6.45) is 0.547. The van der Waals surface area contributed by atoms with Gasteiger partial charge in [0.25, 0.3) is 5.69 Å². The van der Waals surface area contributed by atoms with E-state index in [0.29, 0.717) is 24.3 Å². The lowest BCUT2D eigenvalue weighted by molar-refractivity contribution is -0.384. The van der Waals surface area contributed by atoms with Crippen LogP contribution in [0.2, 0.25) is 0 Å². The van der Waals surface area contributed by atoms with Crippen molar-refractivity contribution in [3.8, 4) is 17.6 Å². The Hall–Kier alpha value is -2.06. The molecule has 0 amide bonds. The average molecular weight is 220 g/mol. The standard InChI is InChI=1S/C11H12N2O3/c1-16-11-6-5-10(13(14)15)8-9(11)4-2-3-7-12/h5-6,8H,3,7,12H2,1H3. The molecule has 1 rings (SSSR count). The van der Waals surface area contributed by atoms with Gasteiger partial charge < -0.3 is 10.5 Å². The van der Waals surface area contributed by atoms with Crippen LogP contribution in [0.5, 0.6) is 5.75 Å². The minimum Gasteiger partial charge on any atom is -0.495 e. The van der Waals surface area contributed by atoms with Crippen molar-refractivity contribution in [2.45, 2.75) is 6.42 Å². The van der Waals surface area contributed by atoms with Gasteiger partial charge in [0.15, 0.2) is 0 Å². The first kappa shape index (κ1) is 12.0. The number of benzene rings is 1. The van der Waals surface area contributed by atoms with Crippen molar-refractivity contribution in [3.63, 3.8) is 0 Å². The highest BCUT2D eigenvalue weighted by atomic mass is 16.6. The Bertz CT molecular complexity index is 446. The average Bonchev–Trinajstić information content (AvgIpc) is 2.29. The molecule has 5 heteroatoms. The van der Waals surface area contributed by atoms with Crippen LogP contribution >= 0.6 is 0 Å². The van der Waals surface area contributed by atoms with E-state index in [1.165, 1.54) is 25.3 Å². The van der Waals surface area contributed by atoms with Crippen LogP contribution < -0.4 is 10.5 Å². The zero-order chi connectivity index (χ0) is 12.0. The van der Waals surface area contributed by atoms with Gasteiger partial charge in [0, 0.05) is 25.1 Å². The van der Waals surface area contributed by atoms with Crippen LogP contribution in [0.4, 0.5) is 5.69 Å². The van der Waals surface area contributed by atoms with Crippen molar-refractivity contribution in [1.29, 1.82) is 0 Å². The maximum absolute atomic E-state index is 10.6. The van der Waals surface area contributed by atoms with Crippen LogP contribution in [-0.4, -0.2) is 18.6 Å². The Morgan fingerprint density at radius 2 is 2.31 bits per heavy atom. The summed E-state index contributed by atoms with van der Waals surface area (Å²) in [5, 5.41) is 10.6. The molecule has 0 unspecified atom stereocenters. The molecule has 0 bridgehead atoms. The Morgan fingerprint density at radius 3 is 2.88 bits per heavy atom. The fraction of sp³-hybridized carbons (Fsp3) is 0.273. The summed E-state index contributed by atoms with van der Waals surface area (Å²) in [5.74, 6) is 6.14. The maximum atomic E-state index is 10.6. The van der Waals surface area contributed by atoms with Crippen LogP contribution in [-0.2, 0) is 0 Å². The zero-order valence-electron chi connectivity index (χ0n) is 8.90. The third-order valence-corrected chi connectivity index (χ3v) is 1.89. The number of ether oxygens (including phenoxy) is 1. The molecule has 0 aromatic heterocycles. The number of methoxy groups -OCH3 is 1. The highest BCUT2D eigenvalue weighted by Gasteiger charge is 2.09. The van der Waals surface area contributed by atoms with E-state index < -0.39 is 4.92 Å². The van der Waals surface area contributed by atoms with E-state index in [4.69, 9.17) is 10.5 Å². The number of hydrogen-bond acceptors (Lipinski definition) is 4. The van der Waals surface area contributed by atoms with Crippen LogP contribution in [0.3, 0.4) is 0 Å². The van der Waals surface area contributed by atoms with E-state index in [2.05, 4.69) is 11.8 Å². The monoisotopic (exact) mass is 220 g/mol. The number of non-ortho nitro benzene ring substituents is 1. The van der Waals surface area contributed by atoms with Crippen LogP contribution in [0.1, 0.15) is 12.0 Å². The molecule has 1 aromatic rings. The molecule has 0 aliphatic heterocycles. The van der Waals surface area contributed by atoms with E-state index in [-0.39, 0.29) is 5.69 Å². The van der Waals surface area contributed by atoms with Gasteiger partial charge in [-0.05, 0) is 6.07 Å². The molecule has 0 saturated carbocycles. The molecule has 5 nitrogen and oxygen atoms in total. The van der Waals surface area contributed by atoms with Gasteiger partial charge in [-0.15, -0.1) is 0 Å². The summed E-state index contributed by atoms with van der Waals surface area (Å²) in [6.45, 7) is 0.463. The van der Waals surface area contributed by atoms with Gasteiger partial charge in [0.2, 0.25) is 0 Å². The second-order valence-corrected chi connectivity index (χ2v) is 2.98. The van der Waals surface area contributed by atoms with Crippen molar-refractivity contribution in [2.24, 2.45) is 5.73 Å². The number of nitro benzene ring substituents is 1. The van der Waals surface area contributed by atoms with Crippen molar-refractivity contribution >= 4 is 5.69 Å². The summed E-state index contributed by atoms with van der Waals surface area (Å²) in [6, 6.07) is 4.31. The molecule has 0 aliphatic rings. The molecule has 0 aliphatic carbocycles. The van der Waals surface area contributed by atoms with Crippen molar-refractivity contribution in [3.05, 3.63) is 33.9 Å². The van der Waals surface area contributed by atoms with E-state index in [9.17, 15) is 10.1 Å². The molecular formula is C11H12N2O3. The first-order valence-corrected chi connectivity index (χ1v) is 4.70. The number of rotatable bonds is 3. The zero-order valence-corrected chi connectivity index (χ0v) is 8.90. The van der Waals surface area contributed by atoms with Gasteiger partial charge in [0.05, 0.1) is 17.6 Å². The maximum Gasteiger partial charge on any atom is 0.270 e.